The van der Waals surface area contributed by atoms with E-state index in [1.807, 2.05) is 42.5 Å². The van der Waals surface area contributed by atoms with E-state index in [-0.39, 0.29) is 12.0 Å². The van der Waals surface area contributed by atoms with Crippen molar-refractivity contribution in [2.75, 3.05) is 0 Å². The van der Waals surface area contributed by atoms with Crippen LogP contribution >= 0.6 is 0 Å². The van der Waals surface area contributed by atoms with E-state index in [1.54, 1.807) is 19.1 Å². The maximum Gasteiger partial charge on any atom is 0.310 e. The summed E-state index contributed by atoms with van der Waals surface area (Å²) in [5, 5.41) is 6.11. The van der Waals surface area contributed by atoms with Crippen LogP contribution in [0.1, 0.15) is 24.2 Å². The normalized spacial score (nSPS) is 12.1. The zero-order valence-corrected chi connectivity index (χ0v) is 15.2. The average molecular weight is 375 g/mol. The number of carbonyl (C=O) groups excluding carboxylic acids is 1. The topological polar surface area (TPSA) is 57.0 Å². The Morgan fingerprint density at radius 3 is 2.71 bits per heavy atom. The molecular formula is C22H18FN3O2. The van der Waals surface area contributed by atoms with Gasteiger partial charge in [-0.1, -0.05) is 48.5 Å². The first-order valence-electron chi connectivity index (χ1n) is 8.93. The van der Waals surface area contributed by atoms with Gasteiger partial charge in [0.2, 0.25) is 0 Å². The van der Waals surface area contributed by atoms with Gasteiger partial charge in [-0.25, -0.2) is 14.1 Å². The van der Waals surface area contributed by atoms with Crippen LogP contribution in [-0.2, 0) is 16.0 Å². The van der Waals surface area contributed by atoms with Gasteiger partial charge in [0.25, 0.3) is 0 Å². The molecule has 140 valence electrons. The highest BCUT2D eigenvalue weighted by atomic mass is 19.1. The van der Waals surface area contributed by atoms with Crippen molar-refractivity contribution in [2.45, 2.75) is 19.4 Å². The van der Waals surface area contributed by atoms with E-state index < -0.39 is 17.9 Å². The highest BCUT2D eigenvalue weighted by Crippen LogP contribution is 2.27. The number of rotatable bonds is 5. The van der Waals surface area contributed by atoms with Crippen LogP contribution in [-0.4, -0.2) is 20.7 Å². The number of hydrogen-bond donors (Lipinski definition) is 0. The van der Waals surface area contributed by atoms with E-state index in [9.17, 15) is 9.18 Å². The van der Waals surface area contributed by atoms with Gasteiger partial charge in [0.1, 0.15) is 24.6 Å². The molecule has 0 saturated carbocycles. The Morgan fingerprint density at radius 1 is 1.11 bits per heavy atom. The van der Waals surface area contributed by atoms with Crippen LogP contribution in [0.15, 0.2) is 73.3 Å². The highest BCUT2D eigenvalue weighted by molar-refractivity contribution is 5.89. The second-order valence-electron chi connectivity index (χ2n) is 6.46. The Hall–Kier alpha value is -3.54. The Kier molecular flexibility index (Phi) is 4.85. The molecule has 6 heteroatoms. The second kappa shape index (κ2) is 7.60. The zero-order chi connectivity index (χ0) is 19.5. The number of benzene rings is 3. The first-order chi connectivity index (χ1) is 13.6. The van der Waals surface area contributed by atoms with Crippen molar-refractivity contribution in [1.29, 1.82) is 0 Å². The van der Waals surface area contributed by atoms with Gasteiger partial charge < -0.3 is 4.74 Å². The molecule has 1 atom stereocenters. The molecule has 5 nitrogen and oxygen atoms in total. The molecule has 0 amide bonds. The molecule has 0 aliphatic heterocycles. The summed E-state index contributed by atoms with van der Waals surface area (Å²) in [4.78, 5) is 16.5. The van der Waals surface area contributed by atoms with Crippen molar-refractivity contribution < 1.29 is 13.9 Å². The SMILES string of the molecule is CC(OC(=O)Cc1cccc2ccccc12)c1c(F)cccc1-n1cncn1. The molecule has 1 unspecified atom stereocenters. The zero-order valence-electron chi connectivity index (χ0n) is 15.2. The molecule has 0 aliphatic rings. The number of halogens is 1. The van der Waals surface area contributed by atoms with E-state index in [0.717, 1.165) is 16.3 Å². The van der Waals surface area contributed by atoms with E-state index in [4.69, 9.17) is 4.74 Å². The lowest BCUT2D eigenvalue weighted by molar-refractivity contribution is -0.147. The van der Waals surface area contributed by atoms with Crippen LogP contribution in [0.3, 0.4) is 0 Å². The van der Waals surface area contributed by atoms with Crippen LogP contribution in [0.2, 0.25) is 0 Å². The lowest BCUT2D eigenvalue weighted by atomic mass is 10.0. The van der Waals surface area contributed by atoms with Crippen molar-refractivity contribution in [3.63, 3.8) is 0 Å². The fourth-order valence-electron chi connectivity index (χ4n) is 3.36. The fraction of sp³-hybridized carbons (Fsp3) is 0.136. The molecule has 0 spiro atoms. The van der Waals surface area contributed by atoms with Crippen molar-refractivity contribution in [2.24, 2.45) is 0 Å². The molecule has 4 aromatic rings. The number of ether oxygens (including phenoxy) is 1. The molecular weight excluding hydrogens is 357 g/mol. The first-order valence-corrected chi connectivity index (χ1v) is 8.93. The number of nitrogens with zero attached hydrogens (tertiary/aromatic N) is 3. The van der Waals surface area contributed by atoms with Gasteiger partial charge in [-0.15, -0.1) is 0 Å². The molecule has 1 heterocycles. The summed E-state index contributed by atoms with van der Waals surface area (Å²) in [6.45, 7) is 1.65. The highest BCUT2D eigenvalue weighted by Gasteiger charge is 2.21. The Balaban J connectivity index is 1.57. The van der Waals surface area contributed by atoms with Gasteiger partial charge in [0, 0.05) is 0 Å². The quantitative estimate of drug-likeness (QED) is 0.485. The van der Waals surface area contributed by atoms with Gasteiger partial charge in [0.15, 0.2) is 0 Å². The maximum atomic E-state index is 14.5. The van der Waals surface area contributed by atoms with Crippen molar-refractivity contribution >= 4 is 16.7 Å². The summed E-state index contributed by atoms with van der Waals surface area (Å²) in [6, 6.07) is 18.3. The Bertz CT molecular complexity index is 1120. The Morgan fingerprint density at radius 2 is 1.89 bits per heavy atom. The molecule has 0 fully saturated rings. The summed E-state index contributed by atoms with van der Waals surface area (Å²) >= 11 is 0. The van der Waals surface area contributed by atoms with Crippen molar-refractivity contribution in [3.05, 3.63) is 90.3 Å². The smallest absolute Gasteiger partial charge is 0.310 e. The number of aromatic nitrogens is 3. The maximum absolute atomic E-state index is 14.5. The standard InChI is InChI=1S/C22H18FN3O2/c1-15(22-19(23)10-5-11-20(22)26-14-24-13-25-26)28-21(27)12-17-8-4-7-16-6-2-3-9-18(16)17/h2-11,13-15H,12H2,1H3. The molecule has 3 aromatic carbocycles. The minimum absolute atomic E-state index is 0.110. The second-order valence-corrected chi connectivity index (χ2v) is 6.46. The molecule has 1 aromatic heterocycles. The van der Waals surface area contributed by atoms with Gasteiger partial charge >= 0.3 is 5.97 Å². The lowest BCUT2D eigenvalue weighted by Crippen LogP contribution is -2.15. The molecule has 0 saturated heterocycles. The molecule has 0 bridgehead atoms. The minimum atomic E-state index is -0.775. The van der Waals surface area contributed by atoms with Gasteiger partial charge in [-0.05, 0) is 35.4 Å². The van der Waals surface area contributed by atoms with Crippen LogP contribution in [0, 0.1) is 5.82 Å². The van der Waals surface area contributed by atoms with Gasteiger partial charge in [-0.2, -0.15) is 5.10 Å². The van der Waals surface area contributed by atoms with E-state index in [2.05, 4.69) is 10.1 Å². The van der Waals surface area contributed by atoms with Crippen LogP contribution < -0.4 is 0 Å². The predicted molar refractivity (Wildman–Crippen MR) is 103 cm³/mol. The first kappa shape index (κ1) is 17.9. The number of esters is 1. The van der Waals surface area contributed by atoms with Gasteiger partial charge in [-0.3, -0.25) is 4.79 Å². The third-order valence-electron chi connectivity index (χ3n) is 4.62. The van der Waals surface area contributed by atoms with Crippen molar-refractivity contribution in [1.82, 2.24) is 14.8 Å². The number of fused-ring (bicyclic) bond motifs is 1. The van der Waals surface area contributed by atoms with Crippen LogP contribution in [0.5, 0.6) is 0 Å². The molecule has 4 rings (SSSR count). The average Bonchev–Trinajstić information content (AvgIpc) is 3.22. The van der Waals surface area contributed by atoms with Gasteiger partial charge in [0.05, 0.1) is 17.7 Å². The summed E-state index contributed by atoms with van der Waals surface area (Å²) in [6.07, 6.45) is 2.18. The van der Waals surface area contributed by atoms with Crippen LogP contribution in [0.25, 0.3) is 16.5 Å². The molecule has 0 aliphatic carbocycles. The van der Waals surface area contributed by atoms with E-state index in [0.29, 0.717) is 5.69 Å². The van der Waals surface area contributed by atoms with Crippen LogP contribution in [0.4, 0.5) is 4.39 Å². The van der Waals surface area contributed by atoms with E-state index in [1.165, 1.54) is 23.4 Å². The van der Waals surface area contributed by atoms with E-state index >= 15 is 0 Å². The number of hydrogen-bond acceptors (Lipinski definition) is 4. The fourth-order valence-corrected chi connectivity index (χ4v) is 3.36. The predicted octanol–water partition coefficient (Wildman–Crippen LogP) is 4.41. The van der Waals surface area contributed by atoms with Crippen molar-refractivity contribution in [3.8, 4) is 5.69 Å². The monoisotopic (exact) mass is 375 g/mol. The third-order valence-corrected chi connectivity index (χ3v) is 4.62. The molecule has 0 N–H and O–H groups in total. The largest absolute Gasteiger partial charge is 0.457 e. The summed E-state index contributed by atoms with van der Waals surface area (Å²) < 4.78 is 21.5. The molecule has 0 radical (unpaired) electrons. The summed E-state index contributed by atoms with van der Waals surface area (Å²) in [7, 11) is 0. The Labute approximate surface area is 161 Å². The molecule has 28 heavy (non-hydrogen) atoms. The number of carbonyl (C=O) groups is 1. The summed E-state index contributed by atoms with van der Waals surface area (Å²) in [5.74, 6) is -0.880. The third kappa shape index (κ3) is 3.49. The lowest BCUT2D eigenvalue weighted by Gasteiger charge is -2.18. The summed E-state index contributed by atoms with van der Waals surface area (Å²) in [5.41, 5.74) is 1.63. The minimum Gasteiger partial charge on any atom is -0.457 e.